The van der Waals surface area contributed by atoms with E-state index in [4.69, 9.17) is 9.26 Å². The highest BCUT2D eigenvalue weighted by atomic mass is 16.5. The first-order valence-electron chi connectivity index (χ1n) is 10.7. The topological polar surface area (TPSA) is 75.9 Å². The maximum Gasteiger partial charge on any atom is 0.276 e. The summed E-state index contributed by atoms with van der Waals surface area (Å²) in [5.41, 5.74) is 1.65. The van der Waals surface area contributed by atoms with E-state index in [0.717, 1.165) is 43.4 Å². The lowest BCUT2D eigenvalue weighted by molar-refractivity contribution is -0.130. The van der Waals surface area contributed by atoms with Gasteiger partial charge in [-0.3, -0.25) is 9.59 Å². The summed E-state index contributed by atoms with van der Waals surface area (Å²) in [6, 6.07) is 0.0857. The van der Waals surface area contributed by atoms with Crippen LogP contribution in [0.25, 0.3) is 0 Å². The van der Waals surface area contributed by atoms with Crippen LogP contribution in [0.5, 0.6) is 0 Å². The molecule has 1 atom stereocenters. The van der Waals surface area contributed by atoms with Crippen LogP contribution in [-0.4, -0.2) is 66.2 Å². The van der Waals surface area contributed by atoms with E-state index in [-0.39, 0.29) is 23.3 Å². The normalized spacial score (nSPS) is 20.4. The molecule has 7 heteroatoms. The molecule has 0 bridgehead atoms. The van der Waals surface area contributed by atoms with E-state index in [1.54, 1.807) is 14.0 Å². The predicted molar refractivity (Wildman–Crippen MR) is 110 cm³/mol. The molecule has 1 aromatic heterocycles. The molecule has 2 amide bonds. The lowest BCUT2D eigenvalue weighted by atomic mass is 9.71. The molecule has 1 fully saturated rings. The number of hydrogen-bond donors (Lipinski definition) is 0. The molecule has 3 rings (SSSR count). The van der Waals surface area contributed by atoms with E-state index in [1.165, 1.54) is 0 Å². The molecule has 0 N–H and O–H groups in total. The highest BCUT2D eigenvalue weighted by molar-refractivity contribution is 5.94. The van der Waals surface area contributed by atoms with Crippen molar-refractivity contribution >= 4 is 11.8 Å². The maximum absolute atomic E-state index is 13.5. The number of ether oxygens (including phenoxy) is 1. The highest BCUT2D eigenvalue weighted by Crippen LogP contribution is 2.38. The Morgan fingerprint density at radius 2 is 1.93 bits per heavy atom. The van der Waals surface area contributed by atoms with Crippen molar-refractivity contribution in [1.29, 1.82) is 0 Å². The standard InChI is InChI=1S/C22H35N3O4/c1-15(26)24-10-8-17(9-11-24)25(12-13-28-5)21(27)20-18-14-16(22(2,3)4)6-7-19(18)29-23-20/h16-17H,6-14H2,1-5H3/t16-/m1/s1. The van der Waals surface area contributed by atoms with Gasteiger partial charge in [0.2, 0.25) is 5.91 Å². The van der Waals surface area contributed by atoms with Gasteiger partial charge < -0.3 is 19.1 Å². The van der Waals surface area contributed by atoms with E-state index in [9.17, 15) is 9.59 Å². The monoisotopic (exact) mass is 405 g/mol. The van der Waals surface area contributed by atoms with Gasteiger partial charge in [-0.05, 0) is 37.0 Å². The number of carbonyl (C=O) groups excluding carboxylic acids is 2. The summed E-state index contributed by atoms with van der Waals surface area (Å²) in [6.45, 7) is 10.7. The average molecular weight is 406 g/mol. The molecule has 1 aliphatic carbocycles. The van der Waals surface area contributed by atoms with Crippen LogP contribution in [0.2, 0.25) is 0 Å². The number of hydrogen-bond acceptors (Lipinski definition) is 5. The van der Waals surface area contributed by atoms with Crippen LogP contribution >= 0.6 is 0 Å². The maximum atomic E-state index is 13.5. The molecule has 1 aliphatic heterocycles. The summed E-state index contributed by atoms with van der Waals surface area (Å²) in [7, 11) is 1.65. The average Bonchev–Trinajstić information content (AvgIpc) is 3.11. The van der Waals surface area contributed by atoms with Crippen LogP contribution in [0.15, 0.2) is 4.52 Å². The van der Waals surface area contributed by atoms with Crippen molar-refractivity contribution in [3.63, 3.8) is 0 Å². The van der Waals surface area contributed by atoms with Gasteiger partial charge in [0.05, 0.1) is 6.61 Å². The van der Waals surface area contributed by atoms with Crippen molar-refractivity contribution in [2.24, 2.45) is 11.3 Å². The number of amides is 2. The molecule has 162 valence electrons. The number of carbonyl (C=O) groups is 2. The third-order valence-corrected chi connectivity index (χ3v) is 6.62. The Bertz CT molecular complexity index is 729. The van der Waals surface area contributed by atoms with Crippen LogP contribution in [0, 0.1) is 11.3 Å². The third kappa shape index (κ3) is 4.82. The predicted octanol–water partition coefficient (Wildman–Crippen LogP) is 2.93. The number of aryl methyl sites for hydroxylation is 1. The molecule has 2 heterocycles. The van der Waals surface area contributed by atoms with Crippen molar-refractivity contribution in [2.45, 2.75) is 65.8 Å². The Labute approximate surface area is 173 Å². The Morgan fingerprint density at radius 1 is 1.24 bits per heavy atom. The number of likely N-dealkylation sites (tertiary alicyclic amines) is 1. The van der Waals surface area contributed by atoms with Crippen molar-refractivity contribution in [1.82, 2.24) is 15.0 Å². The molecule has 1 saturated heterocycles. The number of piperidine rings is 1. The highest BCUT2D eigenvalue weighted by Gasteiger charge is 2.37. The van der Waals surface area contributed by atoms with Gasteiger partial charge in [0.15, 0.2) is 5.69 Å². The summed E-state index contributed by atoms with van der Waals surface area (Å²) < 4.78 is 10.8. The van der Waals surface area contributed by atoms with Gasteiger partial charge in [-0.2, -0.15) is 0 Å². The minimum atomic E-state index is -0.0668. The van der Waals surface area contributed by atoms with Crippen molar-refractivity contribution in [3.8, 4) is 0 Å². The summed E-state index contributed by atoms with van der Waals surface area (Å²) >= 11 is 0. The Hall–Kier alpha value is -1.89. The molecule has 0 radical (unpaired) electrons. The zero-order chi connectivity index (χ0) is 21.2. The molecule has 0 saturated carbocycles. The Balaban J connectivity index is 1.79. The quantitative estimate of drug-likeness (QED) is 0.753. The molecule has 0 unspecified atom stereocenters. The van der Waals surface area contributed by atoms with Gasteiger partial charge >= 0.3 is 0 Å². The minimum Gasteiger partial charge on any atom is -0.383 e. The summed E-state index contributed by atoms with van der Waals surface area (Å²) in [4.78, 5) is 28.9. The third-order valence-electron chi connectivity index (χ3n) is 6.62. The fourth-order valence-electron chi connectivity index (χ4n) is 4.58. The Kier molecular flexibility index (Phi) is 6.66. The summed E-state index contributed by atoms with van der Waals surface area (Å²) in [6.07, 6.45) is 4.30. The van der Waals surface area contributed by atoms with Crippen molar-refractivity contribution in [3.05, 3.63) is 17.0 Å². The number of methoxy groups -OCH3 is 1. The first-order valence-corrected chi connectivity index (χ1v) is 10.7. The smallest absolute Gasteiger partial charge is 0.276 e. The number of aromatic nitrogens is 1. The molecule has 2 aliphatic rings. The lowest BCUT2D eigenvalue weighted by Gasteiger charge is -2.38. The van der Waals surface area contributed by atoms with Gasteiger partial charge in [0.25, 0.3) is 5.91 Å². The van der Waals surface area contributed by atoms with E-state index >= 15 is 0 Å². The fraction of sp³-hybridized carbons (Fsp3) is 0.773. The largest absolute Gasteiger partial charge is 0.383 e. The van der Waals surface area contributed by atoms with E-state index in [1.807, 2.05) is 9.80 Å². The van der Waals surface area contributed by atoms with Crippen LogP contribution in [0.1, 0.15) is 68.8 Å². The van der Waals surface area contributed by atoms with E-state index < -0.39 is 0 Å². The first-order chi connectivity index (χ1) is 13.7. The summed E-state index contributed by atoms with van der Waals surface area (Å²) in [5.74, 6) is 1.40. The van der Waals surface area contributed by atoms with Gasteiger partial charge in [-0.1, -0.05) is 25.9 Å². The summed E-state index contributed by atoms with van der Waals surface area (Å²) in [5, 5.41) is 4.21. The zero-order valence-electron chi connectivity index (χ0n) is 18.5. The number of nitrogens with zero attached hydrogens (tertiary/aromatic N) is 3. The number of fused-ring (bicyclic) bond motifs is 1. The van der Waals surface area contributed by atoms with Gasteiger partial charge in [0, 0.05) is 51.7 Å². The van der Waals surface area contributed by atoms with Crippen LogP contribution in [0.3, 0.4) is 0 Å². The van der Waals surface area contributed by atoms with Gasteiger partial charge in [-0.15, -0.1) is 0 Å². The SMILES string of the molecule is COCCN(C(=O)c1noc2c1C[C@H](C(C)(C)C)CC2)C1CCN(C(C)=O)CC1. The van der Waals surface area contributed by atoms with Crippen molar-refractivity contribution < 1.29 is 18.8 Å². The molecule has 7 nitrogen and oxygen atoms in total. The van der Waals surface area contributed by atoms with Gasteiger partial charge in [-0.25, -0.2) is 0 Å². The Morgan fingerprint density at radius 3 is 2.52 bits per heavy atom. The van der Waals surface area contributed by atoms with Gasteiger partial charge in [0.1, 0.15) is 5.76 Å². The number of rotatable bonds is 5. The minimum absolute atomic E-state index is 0.0668. The molecular formula is C22H35N3O4. The van der Waals surface area contributed by atoms with E-state index in [0.29, 0.717) is 37.9 Å². The van der Waals surface area contributed by atoms with Crippen LogP contribution in [-0.2, 0) is 22.4 Å². The zero-order valence-corrected chi connectivity index (χ0v) is 18.5. The van der Waals surface area contributed by atoms with Crippen LogP contribution in [0.4, 0.5) is 0 Å². The van der Waals surface area contributed by atoms with Crippen LogP contribution < -0.4 is 0 Å². The molecule has 1 aromatic rings. The molecule has 0 spiro atoms. The fourth-order valence-corrected chi connectivity index (χ4v) is 4.58. The van der Waals surface area contributed by atoms with E-state index in [2.05, 4.69) is 25.9 Å². The molecule has 0 aromatic carbocycles. The lowest BCUT2D eigenvalue weighted by Crippen LogP contribution is -2.49. The van der Waals surface area contributed by atoms with Crippen molar-refractivity contribution in [2.75, 3.05) is 33.4 Å². The second-order valence-electron chi connectivity index (χ2n) is 9.47. The molecular weight excluding hydrogens is 370 g/mol. The second-order valence-corrected chi connectivity index (χ2v) is 9.47. The second kappa shape index (κ2) is 8.86. The molecule has 29 heavy (non-hydrogen) atoms. The first kappa shape index (κ1) is 21.8.